The zero-order chi connectivity index (χ0) is 11.8. The zero-order valence-electron chi connectivity index (χ0n) is 9.88. The number of nitrogens with zero attached hydrogens (tertiary/aromatic N) is 1. The van der Waals surface area contributed by atoms with Gasteiger partial charge in [-0.1, -0.05) is 18.2 Å². The normalized spacial score (nSPS) is 31.6. The van der Waals surface area contributed by atoms with Crippen molar-refractivity contribution in [3.8, 4) is 0 Å². The quantitative estimate of drug-likeness (QED) is 0.797. The summed E-state index contributed by atoms with van der Waals surface area (Å²) < 4.78 is 0. The number of amides is 1. The van der Waals surface area contributed by atoms with Crippen LogP contribution >= 0.6 is 0 Å². The minimum Gasteiger partial charge on any atom is -0.335 e. The standard InChI is InChI=1S/C14H18N2O/c15-13-8-12-7-6-11(13)9-16(12)14(17)10-4-2-1-3-5-10/h1-5,11-13H,6-9,15H2. The van der Waals surface area contributed by atoms with Crippen LogP contribution in [0.4, 0.5) is 0 Å². The summed E-state index contributed by atoms with van der Waals surface area (Å²) in [7, 11) is 0. The molecule has 17 heavy (non-hydrogen) atoms. The molecule has 2 bridgehead atoms. The van der Waals surface area contributed by atoms with E-state index in [2.05, 4.69) is 0 Å². The van der Waals surface area contributed by atoms with E-state index in [0.717, 1.165) is 24.9 Å². The maximum Gasteiger partial charge on any atom is 0.254 e. The summed E-state index contributed by atoms with van der Waals surface area (Å²) >= 11 is 0. The van der Waals surface area contributed by atoms with E-state index in [0.29, 0.717) is 18.0 Å². The molecule has 0 radical (unpaired) electrons. The molecule has 2 N–H and O–H groups in total. The van der Waals surface area contributed by atoms with Crippen molar-refractivity contribution in [2.75, 3.05) is 6.54 Å². The molecule has 3 heteroatoms. The molecule has 1 saturated carbocycles. The third-order valence-corrected chi connectivity index (χ3v) is 4.17. The molecule has 4 rings (SSSR count). The third kappa shape index (κ3) is 1.84. The summed E-state index contributed by atoms with van der Waals surface area (Å²) in [6.45, 7) is 0.847. The van der Waals surface area contributed by atoms with Crippen molar-refractivity contribution >= 4 is 5.91 Å². The van der Waals surface area contributed by atoms with Crippen LogP contribution in [-0.2, 0) is 0 Å². The van der Waals surface area contributed by atoms with Crippen molar-refractivity contribution in [1.29, 1.82) is 0 Å². The van der Waals surface area contributed by atoms with Gasteiger partial charge in [0.2, 0.25) is 0 Å². The highest BCUT2D eigenvalue weighted by atomic mass is 16.2. The second kappa shape index (κ2) is 4.15. The number of rotatable bonds is 1. The molecule has 3 fully saturated rings. The lowest BCUT2D eigenvalue weighted by molar-refractivity contribution is 0.0261. The molecule has 0 aromatic heterocycles. The van der Waals surface area contributed by atoms with Crippen LogP contribution < -0.4 is 5.73 Å². The van der Waals surface area contributed by atoms with Gasteiger partial charge in [0.25, 0.3) is 5.91 Å². The SMILES string of the molecule is NC1CC2CCC1CN2C(=O)c1ccccc1. The molecule has 1 aliphatic carbocycles. The molecule has 3 unspecified atom stereocenters. The molecule has 2 heterocycles. The Morgan fingerprint density at radius 2 is 2.00 bits per heavy atom. The fourth-order valence-electron chi connectivity index (χ4n) is 3.15. The highest BCUT2D eigenvalue weighted by Crippen LogP contribution is 2.34. The number of piperidine rings is 2. The Morgan fingerprint density at radius 1 is 1.24 bits per heavy atom. The Balaban J connectivity index is 1.80. The molecule has 1 aromatic rings. The summed E-state index contributed by atoms with van der Waals surface area (Å²) in [5, 5.41) is 0. The Kier molecular flexibility index (Phi) is 2.63. The van der Waals surface area contributed by atoms with Crippen LogP contribution in [0.25, 0.3) is 0 Å². The lowest BCUT2D eigenvalue weighted by Crippen LogP contribution is -2.58. The first-order chi connectivity index (χ1) is 8.25. The second-order valence-corrected chi connectivity index (χ2v) is 5.21. The van der Waals surface area contributed by atoms with Crippen LogP contribution in [0.3, 0.4) is 0 Å². The van der Waals surface area contributed by atoms with Crippen LogP contribution in [0.15, 0.2) is 30.3 Å². The first kappa shape index (κ1) is 10.8. The number of nitrogens with two attached hydrogens (primary N) is 1. The lowest BCUT2D eigenvalue weighted by atomic mass is 9.76. The van der Waals surface area contributed by atoms with E-state index < -0.39 is 0 Å². The monoisotopic (exact) mass is 230 g/mol. The Labute approximate surface area is 102 Å². The molecular weight excluding hydrogens is 212 g/mol. The number of benzene rings is 1. The van der Waals surface area contributed by atoms with Crippen LogP contribution in [-0.4, -0.2) is 29.4 Å². The largest absolute Gasteiger partial charge is 0.335 e. The summed E-state index contributed by atoms with van der Waals surface area (Å²) in [6, 6.07) is 10.2. The predicted octanol–water partition coefficient (Wildman–Crippen LogP) is 1.64. The van der Waals surface area contributed by atoms with Gasteiger partial charge in [0, 0.05) is 24.2 Å². The molecule has 3 nitrogen and oxygen atoms in total. The van der Waals surface area contributed by atoms with Crippen molar-refractivity contribution < 1.29 is 4.79 Å². The van der Waals surface area contributed by atoms with Crippen LogP contribution in [0.1, 0.15) is 29.6 Å². The van der Waals surface area contributed by atoms with E-state index in [-0.39, 0.29) is 5.91 Å². The fraction of sp³-hybridized carbons (Fsp3) is 0.500. The maximum absolute atomic E-state index is 12.4. The van der Waals surface area contributed by atoms with Gasteiger partial charge in [-0.25, -0.2) is 0 Å². The number of fused-ring (bicyclic) bond motifs is 3. The molecular formula is C14H18N2O. The molecule has 3 aliphatic rings. The fourth-order valence-corrected chi connectivity index (χ4v) is 3.15. The topological polar surface area (TPSA) is 46.3 Å². The average molecular weight is 230 g/mol. The first-order valence-electron chi connectivity index (χ1n) is 6.37. The van der Waals surface area contributed by atoms with Gasteiger partial charge in [0.15, 0.2) is 0 Å². The number of hydrogen-bond acceptors (Lipinski definition) is 2. The number of carbonyl (C=O) groups excluding carboxylic acids is 1. The Hall–Kier alpha value is -1.35. The maximum atomic E-state index is 12.4. The summed E-state index contributed by atoms with van der Waals surface area (Å²) in [5.74, 6) is 0.680. The minimum atomic E-state index is 0.173. The number of hydrogen-bond donors (Lipinski definition) is 1. The summed E-state index contributed by atoms with van der Waals surface area (Å²) in [6.07, 6.45) is 3.28. The predicted molar refractivity (Wildman–Crippen MR) is 66.6 cm³/mol. The van der Waals surface area contributed by atoms with Gasteiger partial charge in [0.1, 0.15) is 0 Å². The molecule has 2 aliphatic heterocycles. The van der Waals surface area contributed by atoms with Crippen molar-refractivity contribution in [2.45, 2.75) is 31.3 Å². The van der Waals surface area contributed by atoms with E-state index in [1.807, 2.05) is 35.2 Å². The zero-order valence-corrected chi connectivity index (χ0v) is 9.88. The van der Waals surface area contributed by atoms with Gasteiger partial charge in [-0.15, -0.1) is 0 Å². The molecule has 90 valence electrons. The summed E-state index contributed by atoms with van der Waals surface area (Å²) in [5.41, 5.74) is 6.88. The van der Waals surface area contributed by atoms with Crippen molar-refractivity contribution in [2.24, 2.45) is 11.7 Å². The highest BCUT2D eigenvalue weighted by molar-refractivity contribution is 5.94. The first-order valence-corrected chi connectivity index (χ1v) is 6.37. The van der Waals surface area contributed by atoms with Crippen LogP contribution in [0.2, 0.25) is 0 Å². The van der Waals surface area contributed by atoms with Crippen molar-refractivity contribution in [1.82, 2.24) is 4.90 Å². The van der Waals surface area contributed by atoms with Crippen LogP contribution in [0.5, 0.6) is 0 Å². The van der Waals surface area contributed by atoms with Gasteiger partial charge in [-0.2, -0.15) is 0 Å². The number of carbonyl (C=O) groups is 1. The minimum absolute atomic E-state index is 0.173. The Bertz CT molecular complexity index is 417. The van der Waals surface area contributed by atoms with Gasteiger partial charge in [-0.3, -0.25) is 4.79 Å². The second-order valence-electron chi connectivity index (χ2n) is 5.21. The third-order valence-electron chi connectivity index (χ3n) is 4.17. The smallest absolute Gasteiger partial charge is 0.254 e. The van der Waals surface area contributed by atoms with E-state index in [1.165, 1.54) is 6.42 Å². The average Bonchev–Trinajstić information content (AvgIpc) is 2.39. The van der Waals surface area contributed by atoms with Gasteiger partial charge >= 0.3 is 0 Å². The van der Waals surface area contributed by atoms with E-state index in [1.54, 1.807) is 0 Å². The van der Waals surface area contributed by atoms with E-state index in [4.69, 9.17) is 5.73 Å². The van der Waals surface area contributed by atoms with Crippen molar-refractivity contribution in [3.05, 3.63) is 35.9 Å². The molecule has 0 spiro atoms. The molecule has 1 aromatic carbocycles. The molecule has 3 atom stereocenters. The highest BCUT2D eigenvalue weighted by Gasteiger charge is 2.40. The van der Waals surface area contributed by atoms with Gasteiger partial charge in [-0.05, 0) is 37.3 Å². The van der Waals surface area contributed by atoms with Gasteiger partial charge in [0.05, 0.1) is 0 Å². The molecule has 1 amide bonds. The van der Waals surface area contributed by atoms with E-state index >= 15 is 0 Å². The van der Waals surface area contributed by atoms with E-state index in [9.17, 15) is 4.79 Å². The summed E-state index contributed by atoms with van der Waals surface area (Å²) in [4.78, 5) is 14.4. The molecule has 2 saturated heterocycles. The van der Waals surface area contributed by atoms with Crippen molar-refractivity contribution in [3.63, 3.8) is 0 Å². The Morgan fingerprint density at radius 3 is 2.59 bits per heavy atom. The van der Waals surface area contributed by atoms with Crippen LogP contribution in [0, 0.1) is 5.92 Å². The lowest BCUT2D eigenvalue weighted by Gasteiger charge is -2.48. The van der Waals surface area contributed by atoms with Gasteiger partial charge < -0.3 is 10.6 Å².